The average Bonchev–Trinajstić information content (AvgIpc) is 3.16. The monoisotopic (exact) mass is 397 g/mol. The molecule has 0 fully saturated rings. The van der Waals surface area contributed by atoms with Crippen molar-refractivity contribution in [3.05, 3.63) is 52.7 Å². The molecule has 5 rings (SSSR count). The summed E-state index contributed by atoms with van der Waals surface area (Å²) >= 11 is 7.83. The summed E-state index contributed by atoms with van der Waals surface area (Å²) in [6.07, 6.45) is 0.746. The van der Waals surface area contributed by atoms with E-state index in [-0.39, 0.29) is 5.91 Å². The molecule has 2 N–H and O–H groups in total. The van der Waals surface area contributed by atoms with Gasteiger partial charge in [0, 0.05) is 17.5 Å². The zero-order chi connectivity index (χ0) is 18.5. The number of hydrogen-bond acceptors (Lipinski definition) is 5. The van der Waals surface area contributed by atoms with Crippen molar-refractivity contribution in [2.45, 2.75) is 13.3 Å². The van der Waals surface area contributed by atoms with Crippen LogP contribution in [0.5, 0.6) is 0 Å². The van der Waals surface area contributed by atoms with Gasteiger partial charge in [-0.15, -0.1) is 0 Å². The van der Waals surface area contributed by atoms with Gasteiger partial charge in [0.05, 0.1) is 20.9 Å². The van der Waals surface area contributed by atoms with Crippen molar-refractivity contribution in [2.75, 3.05) is 17.2 Å². The van der Waals surface area contributed by atoms with E-state index >= 15 is 0 Å². The van der Waals surface area contributed by atoms with Gasteiger partial charge < -0.3 is 9.73 Å². The lowest BCUT2D eigenvalue weighted by Gasteiger charge is -2.10. The molecule has 0 aliphatic carbocycles. The van der Waals surface area contributed by atoms with Crippen LogP contribution in [0.3, 0.4) is 0 Å². The Labute approximate surface area is 164 Å². The molecule has 1 atom stereocenters. The van der Waals surface area contributed by atoms with E-state index in [1.807, 2.05) is 30.3 Å². The Morgan fingerprint density at radius 1 is 1.33 bits per heavy atom. The number of halogens is 1. The van der Waals surface area contributed by atoms with E-state index < -0.39 is 0 Å². The molecule has 1 aliphatic heterocycles. The molecular formula is C20H16ClN3O2S. The van der Waals surface area contributed by atoms with Gasteiger partial charge in [0.15, 0.2) is 10.9 Å². The number of nitrogens with one attached hydrogen (secondary N) is 2. The maximum atomic E-state index is 13.0. The van der Waals surface area contributed by atoms with E-state index in [1.54, 1.807) is 6.07 Å². The van der Waals surface area contributed by atoms with Gasteiger partial charge in [-0.2, -0.15) is 0 Å². The van der Waals surface area contributed by atoms with Gasteiger partial charge in [-0.05, 0) is 36.6 Å². The molecule has 5 nitrogen and oxygen atoms in total. The van der Waals surface area contributed by atoms with Crippen LogP contribution in [0, 0.1) is 5.92 Å². The minimum atomic E-state index is -0.281. The fraction of sp³-hybridized carbons (Fsp3) is 0.200. The van der Waals surface area contributed by atoms with Crippen molar-refractivity contribution in [1.29, 1.82) is 0 Å². The summed E-state index contributed by atoms with van der Waals surface area (Å²) in [4.78, 5) is 17.5. The lowest BCUT2D eigenvalue weighted by atomic mass is 9.99. The van der Waals surface area contributed by atoms with Gasteiger partial charge in [0.2, 0.25) is 0 Å². The zero-order valence-corrected chi connectivity index (χ0v) is 16.1. The minimum absolute atomic E-state index is 0.281. The van der Waals surface area contributed by atoms with Gasteiger partial charge in [-0.25, -0.2) is 4.98 Å². The van der Waals surface area contributed by atoms with Gasteiger partial charge in [-0.3, -0.25) is 10.1 Å². The van der Waals surface area contributed by atoms with Gasteiger partial charge >= 0.3 is 0 Å². The smallest absolute Gasteiger partial charge is 0.293 e. The number of carbonyl (C=O) groups is 1. The summed E-state index contributed by atoms with van der Waals surface area (Å²) in [6, 6.07) is 11.4. The number of hydrogen-bond donors (Lipinski definition) is 2. The predicted molar refractivity (Wildman–Crippen MR) is 110 cm³/mol. The van der Waals surface area contributed by atoms with Crippen molar-refractivity contribution in [3.63, 3.8) is 0 Å². The highest BCUT2D eigenvalue weighted by molar-refractivity contribution is 7.22. The zero-order valence-electron chi connectivity index (χ0n) is 14.5. The Morgan fingerprint density at radius 3 is 3.04 bits per heavy atom. The van der Waals surface area contributed by atoms with E-state index in [0.717, 1.165) is 39.8 Å². The molecule has 0 radical (unpaired) electrons. The number of benzene rings is 2. The first kappa shape index (κ1) is 16.6. The number of nitrogens with zero attached hydrogens (tertiary/aromatic N) is 1. The molecule has 7 heteroatoms. The van der Waals surface area contributed by atoms with Crippen molar-refractivity contribution in [3.8, 4) is 0 Å². The molecule has 4 aromatic rings. The molecule has 0 bridgehead atoms. The maximum absolute atomic E-state index is 13.0. The normalized spacial score (nSPS) is 16.3. The largest absolute Gasteiger partial charge is 0.451 e. The van der Waals surface area contributed by atoms with Gasteiger partial charge in [-0.1, -0.05) is 42.0 Å². The van der Waals surface area contributed by atoms with Crippen molar-refractivity contribution < 1.29 is 9.21 Å². The standard InChI is InChI=1S/C20H16ClN3O2S/c1-10-8-11-16-14(7-6-12(21)17(16)22-9-10)26-18(11)19(25)24-20-23-13-4-2-3-5-15(13)27-20/h2-7,10,22H,8-9H2,1H3,(H,23,24,25). The van der Waals surface area contributed by atoms with Crippen molar-refractivity contribution >= 4 is 60.8 Å². The SMILES string of the molecule is CC1CNc2c(Cl)ccc3oc(C(=O)Nc4nc5ccccc5s4)c(c23)C1. The molecule has 27 heavy (non-hydrogen) atoms. The molecule has 1 unspecified atom stereocenters. The first-order chi connectivity index (χ1) is 13.1. The van der Waals surface area contributed by atoms with Crippen molar-refractivity contribution in [1.82, 2.24) is 4.98 Å². The van der Waals surface area contributed by atoms with E-state index in [1.165, 1.54) is 11.3 Å². The second-order valence-electron chi connectivity index (χ2n) is 6.84. The number of para-hydroxylation sites is 1. The van der Waals surface area contributed by atoms with Crippen LogP contribution in [0.1, 0.15) is 23.0 Å². The van der Waals surface area contributed by atoms with Crippen LogP contribution in [-0.4, -0.2) is 17.4 Å². The highest BCUT2D eigenvalue weighted by Crippen LogP contribution is 2.40. The van der Waals surface area contributed by atoms with Crippen LogP contribution in [0.2, 0.25) is 5.02 Å². The molecule has 1 amide bonds. The number of fused-ring (bicyclic) bond motifs is 1. The van der Waals surface area contributed by atoms with E-state index in [4.69, 9.17) is 16.0 Å². The predicted octanol–water partition coefficient (Wildman–Crippen LogP) is 5.55. The second kappa shape index (κ2) is 6.25. The number of aromatic nitrogens is 1. The summed E-state index contributed by atoms with van der Waals surface area (Å²) in [7, 11) is 0. The first-order valence-electron chi connectivity index (χ1n) is 8.75. The maximum Gasteiger partial charge on any atom is 0.293 e. The van der Waals surface area contributed by atoms with E-state index in [2.05, 4.69) is 22.5 Å². The highest BCUT2D eigenvalue weighted by Gasteiger charge is 2.27. The van der Waals surface area contributed by atoms with Gasteiger partial charge in [0.1, 0.15) is 5.58 Å². The van der Waals surface area contributed by atoms with E-state index in [0.29, 0.717) is 27.4 Å². The van der Waals surface area contributed by atoms with Crippen LogP contribution in [0.25, 0.3) is 21.2 Å². The molecule has 2 aromatic carbocycles. The topological polar surface area (TPSA) is 67.2 Å². The van der Waals surface area contributed by atoms with Crippen LogP contribution < -0.4 is 10.6 Å². The van der Waals surface area contributed by atoms with Crippen LogP contribution in [-0.2, 0) is 6.42 Å². The quantitative estimate of drug-likeness (QED) is 0.465. The van der Waals surface area contributed by atoms with Crippen LogP contribution in [0.15, 0.2) is 40.8 Å². The number of anilines is 2. The Hall–Kier alpha value is -2.57. The molecular weight excluding hydrogens is 382 g/mol. The molecule has 1 aliphatic rings. The third-order valence-electron chi connectivity index (χ3n) is 4.80. The fourth-order valence-electron chi connectivity index (χ4n) is 3.56. The number of carbonyl (C=O) groups excluding carboxylic acids is 1. The second-order valence-corrected chi connectivity index (χ2v) is 8.27. The average molecular weight is 398 g/mol. The molecule has 0 spiro atoms. The summed E-state index contributed by atoms with van der Waals surface area (Å²) in [5, 5.41) is 8.39. The molecule has 3 heterocycles. The number of amides is 1. The van der Waals surface area contributed by atoms with Crippen LogP contribution >= 0.6 is 22.9 Å². The fourth-order valence-corrected chi connectivity index (χ4v) is 4.64. The Bertz CT molecular complexity index is 1160. The lowest BCUT2D eigenvalue weighted by Crippen LogP contribution is -2.15. The van der Waals surface area contributed by atoms with Gasteiger partial charge in [0.25, 0.3) is 5.91 Å². The van der Waals surface area contributed by atoms with E-state index in [9.17, 15) is 4.79 Å². The molecule has 136 valence electrons. The number of thiazole rings is 1. The summed E-state index contributed by atoms with van der Waals surface area (Å²) in [6.45, 7) is 2.94. The Balaban J connectivity index is 1.58. The third-order valence-corrected chi connectivity index (χ3v) is 6.07. The molecule has 0 saturated carbocycles. The molecule has 2 aromatic heterocycles. The lowest BCUT2D eigenvalue weighted by molar-refractivity contribution is 0.0997. The number of rotatable bonds is 2. The Morgan fingerprint density at radius 2 is 2.19 bits per heavy atom. The molecule has 0 saturated heterocycles. The number of furan rings is 1. The third kappa shape index (κ3) is 2.76. The highest BCUT2D eigenvalue weighted by atomic mass is 35.5. The first-order valence-corrected chi connectivity index (χ1v) is 9.94. The van der Waals surface area contributed by atoms with Crippen molar-refractivity contribution in [2.24, 2.45) is 5.92 Å². The minimum Gasteiger partial charge on any atom is -0.451 e. The summed E-state index contributed by atoms with van der Waals surface area (Å²) < 4.78 is 6.97. The Kier molecular flexibility index (Phi) is 3.84. The van der Waals surface area contributed by atoms with Crippen LogP contribution in [0.4, 0.5) is 10.8 Å². The summed E-state index contributed by atoms with van der Waals surface area (Å²) in [5.41, 5.74) is 3.28. The summed E-state index contributed by atoms with van der Waals surface area (Å²) in [5.74, 6) is 0.406.